The molecule has 10 nitrogen and oxygen atoms in total. The van der Waals surface area contributed by atoms with Crippen molar-refractivity contribution in [1.82, 2.24) is 15.9 Å². The fourth-order valence-corrected chi connectivity index (χ4v) is 5.47. The minimum Gasteiger partial charge on any atom is -0.480 e. The van der Waals surface area contributed by atoms with E-state index < -0.39 is 23.8 Å². The Morgan fingerprint density at radius 2 is 2.06 bits per heavy atom. The fraction of sp³-hybridized carbons (Fsp3) is 0.333. The molecule has 11 heteroatoms. The van der Waals surface area contributed by atoms with Crippen LogP contribution in [0, 0.1) is 12.8 Å². The topological polar surface area (TPSA) is 129 Å². The first-order chi connectivity index (χ1) is 16.8. The molecular formula is C24H24BrN5O5. The summed E-state index contributed by atoms with van der Waals surface area (Å²) in [4.78, 5) is 23.7. The third-order valence-corrected chi connectivity index (χ3v) is 7.16. The average Bonchev–Trinajstić information content (AvgIpc) is 3.36. The molecule has 3 N–H and O–H groups in total. The van der Waals surface area contributed by atoms with Crippen molar-refractivity contribution in [2.24, 2.45) is 16.3 Å². The molecule has 2 aliphatic rings. The molecule has 1 unspecified atom stereocenters. The number of furan rings is 1. The van der Waals surface area contributed by atoms with E-state index in [-0.39, 0.29) is 19.1 Å². The van der Waals surface area contributed by atoms with Gasteiger partial charge in [0.25, 0.3) is 0 Å². The summed E-state index contributed by atoms with van der Waals surface area (Å²) >= 11 is 3.74. The molecule has 0 fully saturated rings. The van der Waals surface area contributed by atoms with Crippen molar-refractivity contribution in [1.29, 1.82) is 0 Å². The van der Waals surface area contributed by atoms with E-state index in [1.807, 2.05) is 48.3 Å². The Labute approximate surface area is 209 Å². The van der Waals surface area contributed by atoms with Crippen LogP contribution in [-0.2, 0) is 15.2 Å². The zero-order valence-electron chi connectivity index (χ0n) is 19.3. The molecule has 1 aromatic heterocycles. The van der Waals surface area contributed by atoms with Crippen LogP contribution in [0.4, 0.5) is 4.79 Å². The van der Waals surface area contributed by atoms with Gasteiger partial charge in [-0.15, -0.1) is 5.11 Å². The maximum Gasteiger partial charge on any atom is 0.407 e. The quantitative estimate of drug-likeness (QED) is 0.412. The van der Waals surface area contributed by atoms with Crippen molar-refractivity contribution >= 4 is 39.0 Å². The standard InChI is InChI=1S/C24H24BrN5O5/c1-12(2)20(22(31)32)26-23(33)34-11-10-30-24(27-28-29-30)15-7-5-4-6-14(15)21-19(25)17-16(35-21)9-8-13(3)18(17)24/h4-9,12,20H,10-11H2,1-3H3,(H,26,33)(H,27,29)(H,31,32)/t20-,24?/m0/s1. The van der Waals surface area contributed by atoms with E-state index in [4.69, 9.17) is 14.3 Å². The van der Waals surface area contributed by atoms with Crippen molar-refractivity contribution in [3.05, 3.63) is 57.6 Å². The van der Waals surface area contributed by atoms with Gasteiger partial charge < -0.3 is 19.6 Å². The number of alkyl carbamates (subject to hydrolysis) is 1. The number of carboxylic acid groups (broad SMARTS) is 1. The second-order valence-electron chi connectivity index (χ2n) is 8.89. The number of carbonyl (C=O) groups is 2. The van der Waals surface area contributed by atoms with Crippen molar-refractivity contribution in [2.75, 3.05) is 13.2 Å². The number of aliphatic carboxylic acids is 1. The largest absolute Gasteiger partial charge is 0.480 e. The summed E-state index contributed by atoms with van der Waals surface area (Å²) in [5.74, 6) is -0.686. The molecule has 0 saturated carbocycles. The zero-order valence-corrected chi connectivity index (χ0v) is 20.9. The van der Waals surface area contributed by atoms with Crippen LogP contribution >= 0.6 is 15.9 Å². The summed E-state index contributed by atoms with van der Waals surface area (Å²) in [6, 6.07) is 10.7. The van der Waals surface area contributed by atoms with Gasteiger partial charge in [-0.2, -0.15) is 5.01 Å². The highest BCUT2D eigenvalue weighted by atomic mass is 79.9. The predicted molar refractivity (Wildman–Crippen MR) is 130 cm³/mol. The van der Waals surface area contributed by atoms with Crippen LogP contribution in [0.25, 0.3) is 22.3 Å². The average molecular weight is 542 g/mol. The molecular weight excluding hydrogens is 518 g/mol. The first-order valence-corrected chi connectivity index (χ1v) is 12.0. The smallest absolute Gasteiger partial charge is 0.407 e. The number of halogens is 1. The zero-order chi connectivity index (χ0) is 24.9. The van der Waals surface area contributed by atoms with Gasteiger partial charge in [0.15, 0.2) is 0 Å². The molecule has 0 radical (unpaired) electrons. The van der Waals surface area contributed by atoms with Crippen LogP contribution in [0.5, 0.6) is 0 Å². The Balaban J connectivity index is 1.49. The minimum absolute atomic E-state index is 0.0236. The molecule has 5 rings (SSSR count). The second-order valence-corrected chi connectivity index (χ2v) is 9.68. The number of ether oxygens (including phenoxy) is 1. The van der Waals surface area contributed by atoms with E-state index in [0.29, 0.717) is 5.76 Å². The number of hydrogen-bond acceptors (Lipinski definition) is 8. The van der Waals surface area contributed by atoms with Crippen LogP contribution in [-0.4, -0.2) is 41.4 Å². The lowest BCUT2D eigenvalue weighted by Crippen LogP contribution is -2.50. The lowest BCUT2D eigenvalue weighted by molar-refractivity contribution is -0.140. The van der Waals surface area contributed by atoms with Crippen LogP contribution < -0.4 is 10.9 Å². The minimum atomic E-state index is -1.11. The number of aryl methyl sites for hydroxylation is 1. The van der Waals surface area contributed by atoms with Crippen LogP contribution in [0.1, 0.15) is 30.5 Å². The third-order valence-electron chi connectivity index (χ3n) is 6.41. The Morgan fingerprint density at radius 3 is 2.80 bits per heavy atom. The van der Waals surface area contributed by atoms with Crippen molar-refractivity contribution in [3.8, 4) is 11.3 Å². The van der Waals surface area contributed by atoms with Gasteiger partial charge in [0.05, 0.1) is 11.0 Å². The summed E-state index contributed by atoms with van der Waals surface area (Å²) < 4.78 is 12.4. The summed E-state index contributed by atoms with van der Waals surface area (Å²) in [5.41, 5.74) is 6.31. The number of nitrogens with one attached hydrogen (secondary N) is 2. The third kappa shape index (κ3) is 3.57. The molecule has 1 amide bonds. The van der Waals surface area contributed by atoms with Gasteiger partial charge in [0.1, 0.15) is 24.0 Å². The Hall–Kier alpha value is -3.44. The van der Waals surface area contributed by atoms with Gasteiger partial charge in [0.2, 0.25) is 5.66 Å². The Bertz CT molecular complexity index is 1370. The number of carboxylic acids is 1. The summed E-state index contributed by atoms with van der Waals surface area (Å²) in [7, 11) is 0. The van der Waals surface area contributed by atoms with Gasteiger partial charge >= 0.3 is 12.1 Å². The lowest BCUT2D eigenvalue weighted by Gasteiger charge is -2.36. The van der Waals surface area contributed by atoms with Gasteiger partial charge in [-0.25, -0.2) is 15.1 Å². The number of nitrogens with zero attached hydrogens (tertiary/aromatic N) is 3. The maximum atomic E-state index is 12.3. The van der Waals surface area contributed by atoms with Crippen molar-refractivity contribution in [3.63, 3.8) is 0 Å². The van der Waals surface area contributed by atoms with Gasteiger partial charge in [0, 0.05) is 22.1 Å². The Morgan fingerprint density at radius 1 is 1.29 bits per heavy atom. The van der Waals surface area contributed by atoms with E-state index >= 15 is 0 Å². The van der Waals surface area contributed by atoms with E-state index in [2.05, 4.69) is 32.0 Å². The van der Waals surface area contributed by atoms with Crippen LogP contribution in [0.15, 0.2) is 55.6 Å². The molecule has 1 aliphatic carbocycles. The molecule has 2 atom stereocenters. The highest BCUT2D eigenvalue weighted by molar-refractivity contribution is 9.10. The SMILES string of the molecule is Cc1ccc2oc3c(Br)c2c1C1(N=NNN1CCOC(=O)N[C@H](C(=O)O)C(C)C)c1ccccc1-3. The number of hydrazine groups is 1. The number of amides is 1. The molecule has 1 aliphatic heterocycles. The van der Waals surface area contributed by atoms with Crippen molar-refractivity contribution < 1.29 is 23.8 Å². The monoisotopic (exact) mass is 541 g/mol. The molecule has 3 aromatic rings. The highest BCUT2D eigenvalue weighted by Crippen LogP contribution is 2.54. The van der Waals surface area contributed by atoms with Crippen LogP contribution in [0.2, 0.25) is 0 Å². The predicted octanol–water partition coefficient (Wildman–Crippen LogP) is 4.71. The second kappa shape index (κ2) is 8.65. The number of rotatable bonds is 6. The van der Waals surface area contributed by atoms with Gasteiger partial charge in [-0.3, -0.25) is 0 Å². The van der Waals surface area contributed by atoms with E-state index in [1.54, 1.807) is 13.8 Å². The molecule has 35 heavy (non-hydrogen) atoms. The summed E-state index contributed by atoms with van der Waals surface area (Å²) in [6.45, 7) is 5.64. The summed E-state index contributed by atoms with van der Waals surface area (Å²) in [5, 5.41) is 23.3. The first kappa shape index (κ1) is 23.3. The molecule has 2 heterocycles. The fourth-order valence-electron chi connectivity index (χ4n) is 4.78. The normalized spacial score (nSPS) is 19.1. The molecule has 0 saturated heterocycles. The molecule has 1 spiro atoms. The summed E-state index contributed by atoms with van der Waals surface area (Å²) in [6.07, 6.45) is -0.797. The van der Waals surface area contributed by atoms with Gasteiger partial charge in [-0.1, -0.05) is 49.4 Å². The highest BCUT2D eigenvalue weighted by Gasteiger charge is 2.51. The van der Waals surface area contributed by atoms with Crippen molar-refractivity contribution in [2.45, 2.75) is 32.5 Å². The number of benzene rings is 2. The van der Waals surface area contributed by atoms with E-state index in [9.17, 15) is 14.7 Å². The maximum absolute atomic E-state index is 12.3. The molecule has 2 bridgehead atoms. The number of carbonyl (C=O) groups excluding carboxylic acids is 1. The molecule has 182 valence electrons. The Kier molecular flexibility index (Phi) is 5.76. The van der Waals surface area contributed by atoms with Gasteiger partial charge in [-0.05, 0) is 40.4 Å². The lowest BCUT2D eigenvalue weighted by atomic mass is 9.85. The molecule has 2 aromatic carbocycles. The van der Waals surface area contributed by atoms with E-state index in [0.717, 1.165) is 37.7 Å². The van der Waals surface area contributed by atoms with E-state index in [1.165, 1.54) is 0 Å². The van der Waals surface area contributed by atoms with Crippen LogP contribution in [0.3, 0.4) is 0 Å². The number of hydrogen-bond donors (Lipinski definition) is 3. The number of fused-ring (bicyclic) bond motifs is 5. The first-order valence-electron chi connectivity index (χ1n) is 11.2.